The molecule has 0 amide bonds. The molecule has 0 atom stereocenters. The van der Waals surface area contributed by atoms with E-state index in [1.807, 2.05) is 12.1 Å². The average Bonchev–Trinajstić information content (AvgIpc) is 3.63. The minimum absolute atomic E-state index is 0.632. The van der Waals surface area contributed by atoms with Crippen LogP contribution in [-0.4, -0.2) is 4.57 Å². The maximum atomic E-state index is 9.73. The summed E-state index contributed by atoms with van der Waals surface area (Å²) in [5.74, 6) is 0. The fourth-order valence-corrected chi connectivity index (χ4v) is 8.34. The van der Waals surface area contributed by atoms with Gasteiger partial charge in [0.25, 0.3) is 0 Å². The number of hydrogen-bond acceptors (Lipinski definition) is 3. The molecule has 59 heavy (non-hydrogen) atoms. The Kier molecular flexibility index (Phi) is 9.23. The predicted octanol–water partition coefficient (Wildman–Crippen LogP) is 14.9. The summed E-state index contributed by atoms with van der Waals surface area (Å²) >= 11 is 0. The van der Waals surface area contributed by atoms with Gasteiger partial charge in [-0.25, -0.2) is 0 Å². The second kappa shape index (κ2) is 15.4. The number of hydrogen-bond donors (Lipinski definition) is 0. The molecule has 9 aromatic carbocycles. The molecule has 0 unspecified atom stereocenters. The van der Waals surface area contributed by atoms with Gasteiger partial charge in [0, 0.05) is 50.5 Å². The topological polar surface area (TPSA) is 35.2 Å². The van der Waals surface area contributed by atoms with Gasteiger partial charge >= 0.3 is 0 Å². The zero-order valence-electron chi connectivity index (χ0n) is 32.2. The number of aromatic nitrogens is 1. The number of nitrogens with zero attached hydrogens (tertiary/aromatic N) is 4. The van der Waals surface area contributed by atoms with Crippen molar-refractivity contribution in [3.8, 4) is 34.0 Å². The van der Waals surface area contributed by atoms with E-state index in [9.17, 15) is 5.26 Å². The number of anilines is 6. The molecule has 1 aromatic heterocycles. The van der Waals surface area contributed by atoms with Crippen molar-refractivity contribution >= 4 is 55.9 Å². The van der Waals surface area contributed by atoms with E-state index in [-0.39, 0.29) is 0 Å². The summed E-state index contributed by atoms with van der Waals surface area (Å²) in [6.45, 7) is 0. The van der Waals surface area contributed by atoms with Crippen molar-refractivity contribution in [2.75, 3.05) is 9.80 Å². The van der Waals surface area contributed by atoms with E-state index in [2.05, 4.69) is 239 Å². The highest BCUT2D eigenvalue weighted by atomic mass is 15.1. The van der Waals surface area contributed by atoms with Gasteiger partial charge in [-0.05, 0) is 120 Å². The lowest BCUT2D eigenvalue weighted by atomic mass is 9.92. The number of para-hydroxylation sites is 4. The van der Waals surface area contributed by atoms with Gasteiger partial charge in [-0.1, -0.05) is 127 Å². The Morgan fingerprint density at radius 2 is 0.780 bits per heavy atom. The van der Waals surface area contributed by atoms with Crippen molar-refractivity contribution in [1.29, 1.82) is 5.26 Å². The first kappa shape index (κ1) is 35.3. The molecule has 278 valence electrons. The van der Waals surface area contributed by atoms with E-state index in [1.54, 1.807) is 0 Å². The van der Waals surface area contributed by atoms with Gasteiger partial charge in [-0.3, -0.25) is 0 Å². The smallest absolute Gasteiger partial charge is 0.0991 e. The molecule has 0 spiro atoms. The van der Waals surface area contributed by atoms with Gasteiger partial charge in [0.1, 0.15) is 0 Å². The monoisotopic (exact) mass is 754 g/mol. The van der Waals surface area contributed by atoms with E-state index in [0.29, 0.717) is 5.56 Å². The van der Waals surface area contributed by atoms with E-state index in [1.165, 1.54) is 0 Å². The van der Waals surface area contributed by atoms with Crippen molar-refractivity contribution < 1.29 is 0 Å². The highest BCUT2D eigenvalue weighted by Gasteiger charge is 2.22. The molecule has 1 heterocycles. The summed E-state index contributed by atoms with van der Waals surface area (Å²) in [5.41, 5.74) is 14.7. The summed E-state index contributed by atoms with van der Waals surface area (Å²) < 4.78 is 2.42. The van der Waals surface area contributed by atoms with Gasteiger partial charge in [0.15, 0.2) is 0 Å². The van der Waals surface area contributed by atoms with Crippen LogP contribution in [0, 0.1) is 11.3 Å². The number of fused-ring (bicyclic) bond motifs is 3. The third-order valence-corrected chi connectivity index (χ3v) is 11.0. The lowest BCUT2D eigenvalue weighted by Crippen LogP contribution is -2.09. The average molecular weight is 755 g/mol. The van der Waals surface area contributed by atoms with Crippen molar-refractivity contribution in [3.63, 3.8) is 0 Å². The first-order chi connectivity index (χ1) is 29.2. The largest absolute Gasteiger partial charge is 0.310 e. The van der Waals surface area contributed by atoms with E-state index < -0.39 is 0 Å². The molecule has 0 fully saturated rings. The molecule has 10 aromatic rings. The second-order valence-corrected chi connectivity index (χ2v) is 14.5. The second-order valence-electron chi connectivity index (χ2n) is 14.5. The van der Waals surface area contributed by atoms with Crippen LogP contribution in [0.3, 0.4) is 0 Å². The number of rotatable bonds is 9. The minimum Gasteiger partial charge on any atom is -0.310 e. The van der Waals surface area contributed by atoms with Crippen LogP contribution in [0.1, 0.15) is 5.56 Å². The van der Waals surface area contributed by atoms with Crippen LogP contribution in [0.5, 0.6) is 0 Å². The van der Waals surface area contributed by atoms with Gasteiger partial charge in [-0.2, -0.15) is 5.26 Å². The van der Waals surface area contributed by atoms with Crippen LogP contribution in [0.2, 0.25) is 0 Å². The molecule has 0 N–H and O–H groups in total. The van der Waals surface area contributed by atoms with Crippen LogP contribution in [-0.2, 0) is 0 Å². The third kappa shape index (κ3) is 6.57. The zero-order valence-corrected chi connectivity index (χ0v) is 32.2. The summed E-state index contributed by atoms with van der Waals surface area (Å²) in [4.78, 5) is 4.65. The third-order valence-electron chi connectivity index (χ3n) is 11.0. The van der Waals surface area contributed by atoms with Gasteiger partial charge in [-0.15, -0.1) is 0 Å². The van der Waals surface area contributed by atoms with Crippen molar-refractivity contribution in [3.05, 3.63) is 236 Å². The normalized spacial score (nSPS) is 11.0. The molecular weight excluding hydrogens is 717 g/mol. The maximum Gasteiger partial charge on any atom is 0.0991 e. The van der Waals surface area contributed by atoms with Crippen LogP contribution in [0.4, 0.5) is 34.1 Å². The van der Waals surface area contributed by atoms with Gasteiger partial charge < -0.3 is 14.4 Å². The lowest BCUT2D eigenvalue weighted by Gasteiger charge is -2.26. The summed E-state index contributed by atoms with van der Waals surface area (Å²) in [7, 11) is 0. The molecule has 0 radical (unpaired) electrons. The molecule has 0 saturated carbocycles. The molecule has 0 aliphatic carbocycles. The van der Waals surface area contributed by atoms with Crippen LogP contribution in [0.15, 0.2) is 231 Å². The van der Waals surface area contributed by atoms with Crippen LogP contribution >= 0.6 is 0 Å². The molecule has 0 saturated heterocycles. The molecule has 4 heteroatoms. The van der Waals surface area contributed by atoms with E-state index in [4.69, 9.17) is 0 Å². The lowest BCUT2D eigenvalue weighted by molar-refractivity contribution is 1.18. The van der Waals surface area contributed by atoms with Gasteiger partial charge in [0.05, 0.1) is 28.4 Å². The zero-order chi connectivity index (χ0) is 39.5. The molecule has 0 aliphatic rings. The van der Waals surface area contributed by atoms with E-state index in [0.717, 1.165) is 83.9 Å². The quantitative estimate of drug-likeness (QED) is 0.147. The Hall–Kier alpha value is -8.13. The Balaban J connectivity index is 1.28. The first-order valence-corrected chi connectivity index (χ1v) is 19.8. The highest BCUT2D eigenvalue weighted by Crippen LogP contribution is 2.45. The van der Waals surface area contributed by atoms with Crippen molar-refractivity contribution in [1.82, 2.24) is 4.57 Å². The maximum absolute atomic E-state index is 9.73. The molecule has 0 aliphatic heterocycles. The number of benzene rings is 9. The molecule has 0 bridgehead atoms. The Morgan fingerprint density at radius 1 is 0.356 bits per heavy atom. The fourth-order valence-electron chi connectivity index (χ4n) is 8.34. The number of nitriles is 1. The summed E-state index contributed by atoms with van der Waals surface area (Å²) in [6.07, 6.45) is 0. The molecule has 10 rings (SSSR count). The summed E-state index contributed by atoms with van der Waals surface area (Å²) in [5, 5.41) is 12.0. The SMILES string of the molecule is N#Cc1ccc(-c2c(-c3ccccc3)cccc2-n2c3ccc(N(c4ccccc4)c4ccccc4)cc3c3cc(N(c4ccccc4)c4ccccc4)ccc32)cc1. The molecule has 4 nitrogen and oxygen atoms in total. The van der Waals surface area contributed by atoms with Crippen LogP contribution in [0.25, 0.3) is 49.7 Å². The molecular formula is C55H38N4. The summed E-state index contributed by atoms with van der Waals surface area (Å²) in [6, 6.07) is 83.4. The Labute approximate surface area is 344 Å². The first-order valence-electron chi connectivity index (χ1n) is 19.8. The Bertz CT molecular complexity index is 2860. The standard InChI is InChI=1S/C55H38N4/c56-39-40-29-31-42(32-30-40)55-49(41-17-6-1-7-18-41)27-16-28-54(55)59-52-35-33-47(57(43-19-8-2-9-20-43)44-21-10-3-11-22-44)37-50(52)51-38-48(34-36-53(51)59)58(45-23-12-4-13-24-45)46-25-14-5-15-26-46/h1-38H. The minimum atomic E-state index is 0.632. The predicted molar refractivity (Wildman–Crippen MR) is 246 cm³/mol. The Morgan fingerprint density at radius 3 is 1.20 bits per heavy atom. The fraction of sp³-hybridized carbons (Fsp3) is 0. The van der Waals surface area contributed by atoms with Gasteiger partial charge in [0.2, 0.25) is 0 Å². The van der Waals surface area contributed by atoms with Crippen LogP contribution < -0.4 is 9.80 Å². The highest BCUT2D eigenvalue weighted by molar-refractivity contribution is 6.13. The van der Waals surface area contributed by atoms with Crippen molar-refractivity contribution in [2.24, 2.45) is 0 Å². The van der Waals surface area contributed by atoms with Crippen molar-refractivity contribution in [2.45, 2.75) is 0 Å². The van der Waals surface area contributed by atoms with E-state index >= 15 is 0 Å².